The molecule has 1 atom stereocenters. The van der Waals surface area contributed by atoms with Crippen LogP contribution in [-0.2, 0) is 5.54 Å². The van der Waals surface area contributed by atoms with Gasteiger partial charge in [-0.25, -0.2) is 4.98 Å². The number of carbonyl (C=O) groups is 1. The lowest BCUT2D eigenvalue weighted by Gasteiger charge is -2.34. The van der Waals surface area contributed by atoms with Crippen LogP contribution in [0, 0.1) is 27.7 Å². The minimum atomic E-state index is -0.468. The molecule has 1 unspecified atom stereocenters. The molecule has 0 radical (unpaired) electrons. The zero-order valence-corrected chi connectivity index (χ0v) is 20.1. The number of rotatable bonds is 3. The predicted octanol–water partition coefficient (Wildman–Crippen LogP) is 6.61. The van der Waals surface area contributed by atoms with E-state index >= 15 is 0 Å². The summed E-state index contributed by atoms with van der Waals surface area (Å²) in [5.41, 5.74) is 9.09. The van der Waals surface area contributed by atoms with Crippen molar-refractivity contribution >= 4 is 16.9 Å². The Morgan fingerprint density at radius 2 is 1.70 bits per heavy atom. The molecule has 0 saturated carbocycles. The van der Waals surface area contributed by atoms with Crippen LogP contribution in [0.15, 0.2) is 54.6 Å². The fourth-order valence-electron chi connectivity index (χ4n) is 5.07. The number of aromatic amines is 1. The van der Waals surface area contributed by atoms with E-state index in [0.29, 0.717) is 0 Å². The highest BCUT2D eigenvalue weighted by Gasteiger charge is 2.44. The molecule has 4 nitrogen and oxygen atoms in total. The number of fused-ring (bicyclic) bond motifs is 1. The number of aryl methyl sites for hydroxylation is 4. The normalized spacial score (nSPS) is 18.3. The molecule has 0 aliphatic carbocycles. The number of hydrogen-bond donors (Lipinski definition) is 1. The minimum absolute atomic E-state index is 0.0719. The van der Waals surface area contributed by atoms with Gasteiger partial charge in [0.1, 0.15) is 5.82 Å². The standard InChI is InChI=1S/C29H31N3O/c1-18-7-11-22(12-8-18)23-13-9-19(2)17-24(23)27(33)32-16-6-15-29(32,5)28-30-25-14-10-20(3)21(4)26(25)31-28/h7-14,17H,6,15-16H2,1-5H3,(H,30,31). The Morgan fingerprint density at radius 1 is 0.970 bits per heavy atom. The number of hydrogen-bond acceptors (Lipinski definition) is 2. The number of aromatic nitrogens is 2. The van der Waals surface area contributed by atoms with Crippen molar-refractivity contribution < 1.29 is 4.79 Å². The highest BCUT2D eigenvalue weighted by Crippen LogP contribution is 2.40. The maximum atomic E-state index is 14.1. The van der Waals surface area contributed by atoms with Crippen LogP contribution in [0.1, 0.15) is 58.2 Å². The van der Waals surface area contributed by atoms with Crippen molar-refractivity contribution in [1.29, 1.82) is 0 Å². The fourth-order valence-corrected chi connectivity index (χ4v) is 5.07. The first kappa shape index (κ1) is 21.4. The van der Waals surface area contributed by atoms with Crippen molar-refractivity contribution in [3.63, 3.8) is 0 Å². The van der Waals surface area contributed by atoms with E-state index in [1.165, 1.54) is 16.7 Å². The zero-order chi connectivity index (χ0) is 23.3. The van der Waals surface area contributed by atoms with E-state index in [2.05, 4.69) is 81.2 Å². The summed E-state index contributed by atoms with van der Waals surface area (Å²) in [6.07, 6.45) is 1.85. The molecule has 2 heterocycles. The zero-order valence-electron chi connectivity index (χ0n) is 20.1. The van der Waals surface area contributed by atoms with E-state index in [9.17, 15) is 4.79 Å². The number of nitrogens with one attached hydrogen (secondary N) is 1. The second kappa shape index (κ2) is 7.87. The second-order valence-corrected chi connectivity index (χ2v) is 9.74. The number of nitrogens with zero attached hydrogens (tertiary/aromatic N) is 2. The lowest BCUT2D eigenvalue weighted by molar-refractivity contribution is 0.0606. The summed E-state index contributed by atoms with van der Waals surface area (Å²) in [4.78, 5) is 24.6. The molecular weight excluding hydrogens is 406 g/mol. The SMILES string of the molecule is Cc1ccc(-c2ccc(C)cc2C(=O)N2CCCC2(C)c2nc3c(C)c(C)ccc3[nH]2)cc1. The highest BCUT2D eigenvalue weighted by atomic mass is 16.2. The smallest absolute Gasteiger partial charge is 0.255 e. The van der Waals surface area contributed by atoms with Gasteiger partial charge in [-0.3, -0.25) is 4.79 Å². The summed E-state index contributed by atoms with van der Waals surface area (Å²) >= 11 is 0. The largest absolute Gasteiger partial charge is 0.340 e. The first-order chi connectivity index (χ1) is 15.8. The predicted molar refractivity (Wildman–Crippen MR) is 135 cm³/mol. The average molecular weight is 438 g/mol. The fraction of sp³-hybridized carbons (Fsp3) is 0.310. The third-order valence-electron chi connectivity index (χ3n) is 7.34. The van der Waals surface area contributed by atoms with Gasteiger partial charge in [0.05, 0.1) is 16.6 Å². The highest BCUT2D eigenvalue weighted by molar-refractivity contribution is 6.01. The van der Waals surface area contributed by atoms with Crippen molar-refractivity contribution in [2.24, 2.45) is 0 Å². The van der Waals surface area contributed by atoms with E-state index in [0.717, 1.165) is 58.5 Å². The van der Waals surface area contributed by atoms with E-state index in [1.54, 1.807) is 0 Å². The summed E-state index contributed by atoms with van der Waals surface area (Å²) in [6, 6.07) is 18.8. The number of benzene rings is 3. The van der Waals surface area contributed by atoms with Gasteiger partial charge < -0.3 is 9.88 Å². The van der Waals surface area contributed by atoms with Gasteiger partial charge in [0.25, 0.3) is 5.91 Å². The second-order valence-electron chi connectivity index (χ2n) is 9.74. The maximum Gasteiger partial charge on any atom is 0.255 e. The molecule has 4 heteroatoms. The molecule has 1 fully saturated rings. The quantitative estimate of drug-likeness (QED) is 0.392. The van der Waals surface area contributed by atoms with Crippen LogP contribution >= 0.6 is 0 Å². The Balaban J connectivity index is 1.59. The molecule has 0 spiro atoms. The molecule has 1 aromatic heterocycles. The van der Waals surface area contributed by atoms with Crippen LogP contribution in [0.25, 0.3) is 22.2 Å². The average Bonchev–Trinajstić information content (AvgIpc) is 3.42. The van der Waals surface area contributed by atoms with Crippen LogP contribution in [-0.4, -0.2) is 27.3 Å². The van der Waals surface area contributed by atoms with Gasteiger partial charge in [0, 0.05) is 12.1 Å². The number of H-pyrrole nitrogens is 1. The Kier molecular flexibility index (Phi) is 5.12. The molecule has 1 saturated heterocycles. The van der Waals surface area contributed by atoms with Crippen LogP contribution in [0.4, 0.5) is 0 Å². The van der Waals surface area contributed by atoms with Crippen molar-refractivity contribution in [3.05, 3.63) is 88.2 Å². The number of likely N-dealkylation sites (tertiary alicyclic amines) is 1. The first-order valence-corrected chi connectivity index (χ1v) is 11.7. The van der Waals surface area contributed by atoms with Gasteiger partial charge in [0.2, 0.25) is 0 Å². The van der Waals surface area contributed by atoms with Crippen molar-refractivity contribution in [2.75, 3.05) is 6.54 Å². The van der Waals surface area contributed by atoms with Gasteiger partial charge in [-0.05, 0) is 81.8 Å². The van der Waals surface area contributed by atoms with E-state index in [1.807, 2.05) is 17.9 Å². The Labute approximate surface area is 195 Å². The number of imidazole rings is 1. The third kappa shape index (κ3) is 3.54. The Morgan fingerprint density at radius 3 is 2.45 bits per heavy atom. The third-order valence-corrected chi connectivity index (χ3v) is 7.34. The molecule has 4 aromatic rings. The van der Waals surface area contributed by atoms with Crippen molar-refractivity contribution in [2.45, 2.75) is 53.0 Å². The molecule has 33 heavy (non-hydrogen) atoms. The van der Waals surface area contributed by atoms with Crippen LogP contribution in [0.3, 0.4) is 0 Å². The van der Waals surface area contributed by atoms with Crippen LogP contribution in [0.5, 0.6) is 0 Å². The molecule has 3 aromatic carbocycles. The van der Waals surface area contributed by atoms with Gasteiger partial charge in [-0.2, -0.15) is 0 Å². The summed E-state index contributed by atoms with van der Waals surface area (Å²) in [5, 5.41) is 0. The molecule has 1 aliphatic heterocycles. The first-order valence-electron chi connectivity index (χ1n) is 11.7. The minimum Gasteiger partial charge on any atom is -0.340 e. The van der Waals surface area contributed by atoms with Gasteiger partial charge in [-0.1, -0.05) is 53.6 Å². The van der Waals surface area contributed by atoms with Crippen molar-refractivity contribution in [1.82, 2.24) is 14.9 Å². The summed E-state index contributed by atoms with van der Waals surface area (Å²) in [5.74, 6) is 0.948. The van der Waals surface area contributed by atoms with Gasteiger partial charge >= 0.3 is 0 Å². The molecule has 5 rings (SSSR count). The molecule has 1 N–H and O–H groups in total. The van der Waals surface area contributed by atoms with Crippen molar-refractivity contribution in [3.8, 4) is 11.1 Å². The lowest BCUT2D eigenvalue weighted by Crippen LogP contribution is -2.43. The number of amides is 1. The summed E-state index contributed by atoms with van der Waals surface area (Å²) in [7, 11) is 0. The lowest BCUT2D eigenvalue weighted by atomic mass is 9.93. The van der Waals surface area contributed by atoms with E-state index in [-0.39, 0.29) is 5.91 Å². The van der Waals surface area contributed by atoms with Crippen LogP contribution < -0.4 is 0 Å². The van der Waals surface area contributed by atoms with E-state index < -0.39 is 5.54 Å². The Hall–Kier alpha value is -3.40. The topological polar surface area (TPSA) is 49.0 Å². The molecule has 1 aliphatic rings. The summed E-state index contributed by atoms with van der Waals surface area (Å²) < 4.78 is 0. The summed E-state index contributed by atoms with van der Waals surface area (Å²) in [6.45, 7) is 11.2. The van der Waals surface area contributed by atoms with Gasteiger partial charge in [0.15, 0.2) is 0 Å². The molecule has 1 amide bonds. The van der Waals surface area contributed by atoms with Crippen LogP contribution in [0.2, 0.25) is 0 Å². The maximum absolute atomic E-state index is 14.1. The molecular formula is C29H31N3O. The van der Waals surface area contributed by atoms with Gasteiger partial charge in [-0.15, -0.1) is 0 Å². The Bertz CT molecular complexity index is 1370. The van der Waals surface area contributed by atoms with E-state index in [4.69, 9.17) is 4.98 Å². The molecule has 168 valence electrons. The monoisotopic (exact) mass is 437 g/mol. The molecule has 0 bridgehead atoms. The number of carbonyl (C=O) groups excluding carboxylic acids is 1.